The summed E-state index contributed by atoms with van der Waals surface area (Å²) in [6.07, 6.45) is 0.272. The number of hydrazine groups is 1. The van der Waals surface area contributed by atoms with Gasteiger partial charge in [0.15, 0.2) is 11.5 Å². The van der Waals surface area contributed by atoms with Crippen LogP contribution in [0, 0.1) is 5.92 Å². The van der Waals surface area contributed by atoms with Crippen molar-refractivity contribution in [2.75, 3.05) is 14.2 Å². The van der Waals surface area contributed by atoms with Gasteiger partial charge in [0.1, 0.15) is 5.92 Å². The molecular weight excluding hydrogens is 302 g/mol. The summed E-state index contributed by atoms with van der Waals surface area (Å²) in [4.78, 5) is 34.5. The van der Waals surface area contributed by atoms with E-state index in [1.165, 1.54) is 7.11 Å². The molecule has 0 atom stereocenters. The van der Waals surface area contributed by atoms with Crippen LogP contribution < -0.4 is 25.6 Å². The summed E-state index contributed by atoms with van der Waals surface area (Å²) in [6.45, 7) is 0.322. The molecule has 124 valence electrons. The molecule has 23 heavy (non-hydrogen) atoms. The van der Waals surface area contributed by atoms with Gasteiger partial charge >= 0.3 is 0 Å². The lowest BCUT2D eigenvalue weighted by atomic mass is 10.0. The average molecular weight is 321 g/mol. The number of amides is 3. The highest BCUT2D eigenvalue weighted by Gasteiger charge is 2.32. The summed E-state index contributed by atoms with van der Waals surface area (Å²) < 4.78 is 10.3. The van der Waals surface area contributed by atoms with Gasteiger partial charge in [0.05, 0.1) is 14.2 Å². The standard InChI is InChI=1S/C15H19N3O5/c1-22-11-5-3-9(7-12(11)23-2)8-16-13(19)6-4-10-14(20)17-18-15(10)21/h3,5,7,10H,4,6,8H2,1-2H3,(H,16,19)(H,17,20)(H,18,21). The molecule has 8 nitrogen and oxygen atoms in total. The zero-order valence-corrected chi connectivity index (χ0v) is 13.0. The van der Waals surface area contributed by atoms with Crippen LogP contribution in [-0.4, -0.2) is 31.9 Å². The molecule has 1 saturated heterocycles. The minimum atomic E-state index is -0.804. The zero-order chi connectivity index (χ0) is 16.8. The molecule has 8 heteroatoms. The summed E-state index contributed by atoms with van der Waals surface area (Å²) in [5, 5.41) is 2.74. The smallest absolute Gasteiger partial charge is 0.251 e. The first-order chi connectivity index (χ1) is 11.0. The van der Waals surface area contributed by atoms with Gasteiger partial charge < -0.3 is 14.8 Å². The van der Waals surface area contributed by atoms with Crippen molar-refractivity contribution in [3.8, 4) is 11.5 Å². The van der Waals surface area contributed by atoms with Crippen molar-refractivity contribution in [1.29, 1.82) is 0 Å². The molecule has 1 aliphatic rings. The zero-order valence-electron chi connectivity index (χ0n) is 13.0. The first-order valence-corrected chi connectivity index (χ1v) is 7.12. The Bertz CT molecular complexity index is 601. The fraction of sp³-hybridized carbons (Fsp3) is 0.400. The molecule has 2 rings (SSSR count). The lowest BCUT2D eigenvalue weighted by Gasteiger charge is -2.10. The molecular formula is C15H19N3O5. The largest absolute Gasteiger partial charge is 0.493 e. The van der Waals surface area contributed by atoms with Crippen molar-refractivity contribution in [2.45, 2.75) is 19.4 Å². The Morgan fingerprint density at radius 2 is 1.78 bits per heavy atom. The molecule has 3 N–H and O–H groups in total. The van der Waals surface area contributed by atoms with Crippen molar-refractivity contribution < 1.29 is 23.9 Å². The van der Waals surface area contributed by atoms with Crippen LogP contribution in [0.2, 0.25) is 0 Å². The topological polar surface area (TPSA) is 106 Å². The summed E-state index contributed by atoms with van der Waals surface area (Å²) in [6, 6.07) is 5.35. The molecule has 3 amide bonds. The summed E-state index contributed by atoms with van der Waals surface area (Å²) >= 11 is 0. The Kier molecular flexibility index (Phi) is 5.40. The van der Waals surface area contributed by atoms with Crippen LogP contribution in [0.15, 0.2) is 18.2 Å². The van der Waals surface area contributed by atoms with E-state index in [-0.39, 0.29) is 18.7 Å². The Labute approximate surface area is 133 Å². The molecule has 1 aliphatic heterocycles. The van der Waals surface area contributed by atoms with Gasteiger partial charge in [0.25, 0.3) is 11.8 Å². The number of carbonyl (C=O) groups is 3. The highest BCUT2D eigenvalue weighted by atomic mass is 16.5. The maximum absolute atomic E-state index is 11.8. The number of hydrogen-bond acceptors (Lipinski definition) is 5. The molecule has 0 radical (unpaired) electrons. The molecule has 1 fully saturated rings. The van der Waals surface area contributed by atoms with E-state index in [0.29, 0.717) is 18.0 Å². The van der Waals surface area contributed by atoms with E-state index in [9.17, 15) is 14.4 Å². The van der Waals surface area contributed by atoms with Crippen molar-refractivity contribution in [3.63, 3.8) is 0 Å². The maximum atomic E-state index is 11.8. The summed E-state index contributed by atoms with van der Waals surface area (Å²) in [5.41, 5.74) is 5.31. The van der Waals surface area contributed by atoms with Crippen LogP contribution in [0.4, 0.5) is 0 Å². The Morgan fingerprint density at radius 3 is 2.39 bits per heavy atom. The first-order valence-electron chi connectivity index (χ1n) is 7.12. The monoisotopic (exact) mass is 321 g/mol. The van der Waals surface area contributed by atoms with Crippen LogP contribution in [0.1, 0.15) is 18.4 Å². The van der Waals surface area contributed by atoms with E-state index >= 15 is 0 Å². The van der Waals surface area contributed by atoms with Gasteiger partial charge in [-0.2, -0.15) is 0 Å². The van der Waals surface area contributed by atoms with Crippen LogP contribution >= 0.6 is 0 Å². The van der Waals surface area contributed by atoms with Gasteiger partial charge in [-0.25, -0.2) is 0 Å². The van der Waals surface area contributed by atoms with E-state index < -0.39 is 17.7 Å². The number of hydrogen-bond donors (Lipinski definition) is 3. The molecule has 0 spiro atoms. The van der Waals surface area contributed by atoms with E-state index in [1.54, 1.807) is 19.2 Å². The summed E-state index contributed by atoms with van der Waals surface area (Å²) in [7, 11) is 3.09. The first kappa shape index (κ1) is 16.6. The average Bonchev–Trinajstić information content (AvgIpc) is 2.89. The van der Waals surface area contributed by atoms with E-state index in [0.717, 1.165) is 5.56 Å². The molecule has 1 aromatic carbocycles. The normalized spacial score (nSPS) is 14.2. The van der Waals surface area contributed by atoms with E-state index in [1.807, 2.05) is 6.07 Å². The second-order valence-electron chi connectivity index (χ2n) is 5.04. The van der Waals surface area contributed by atoms with Gasteiger partial charge in [-0.05, 0) is 24.1 Å². The molecule has 0 aliphatic carbocycles. The predicted octanol–water partition coefficient (Wildman–Crippen LogP) is -0.123. The Balaban J connectivity index is 1.82. The second-order valence-corrected chi connectivity index (χ2v) is 5.04. The van der Waals surface area contributed by atoms with Gasteiger partial charge in [0, 0.05) is 13.0 Å². The van der Waals surface area contributed by atoms with Crippen molar-refractivity contribution in [3.05, 3.63) is 23.8 Å². The third-order valence-electron chi connectivity index (χ3n) is 3.54. The van der Waals surface area contributed by atoms with Gasteiger partial charge in [-0.3, -0.25) is 25.2 Å². The van der Waals surface area contributed by atoms with Crippen LogP contribution in [0.25, 0.3) is 0 Å². The fourth-order valence-corrected chi connectivity index (χ4v) is 2.23. The number of benzene rings is 1. The maximum Gasteiger partial charge on any atom is 0.251 e. The number of carbonyl (C=O) groups excluding carboxylic acids is 3. The van der Waals surface area contributed by atoms with Crippen LogP contribution in [-0.2, 0) is 20.9 Å². The predicted molar refractivity (Wildman–Crippen MR) is 80.4 cm³/mol. The van der Waals surface area contributed by atoms with E-state index in [2.05, 4.69) is 16.2 Å². The van der Waals surface area contributed by atoms with Crippen LogP contribution in [0.5, 0.6) is 11.5 Å². The highest BCUT2D eigenvalue weighted by Crippen LogP contribution is 2.27. The number of ether oxygens (including phenoxy) is 2. The molecule has 1 heterocycles. The Morgan fingerprint density at radius 1 is 1.13 bits per heavy atom. The Hall–Kier alpha value is -2.77. The second kappa shape index (κ2) is 7.48. The van der Waals surface area contributed by atoms with Crippen molar-refractivity contribution in [2.24, 2.45) is 5.92 Å². The molecule has 1 aromatic rings. The molecule has 0 aromatic heterocycles. The quantitative estimate of drug-likeness (QED) is 0.607. The van der Waals surface area contributed by atoms with Gasteiger partial charge in [-0.15, -0.1) is 0 Å². The van der Waals surface area contributed by atoms with Crippen molar-refractivity contribution >= 4 is 17.7 Å². The summed E-state index contributed by atoms with van der Waals surface area (Å²) in [5.74, 6) is -0.640. The van der Waals surface area contributed by atoms with Gasteiger partial charge in [0.2, 0.25) is 5.91 Å². The van der Waals surface area contributed by atoms with Crippen LogP contribution in [0.3, 0.4) is 0 Å². The highest BCUT2D eigenvalue weighted by molar-refractivity contribution is 6.05. The minimum absolute atomic E-state index is 0.0960. The lowest BCUT2D eigenvalue weighted by molar-refractivity contribution is -0.128. The lowest BCUT2D eigenvalue weighted by Crippen LogP contribution is -2.28. The van der Waals surface area contributed by atoms with Crippen molar-refractivity contribution in [1.82, 2.24) is 16.2 Å². The molecule has 0 saturated carbocycles. The van der Waals surface area contributed by atoms with E-state index in [4.69, 9.17) is 9.47 Å². The third-order valence-corrected chi connectivity index (χ3v) is 3.54. The van der Waals surface area contributed by atoms with Gasteiger partial charge in [-0.1, -0.05) is 6.07 Å². The molecule has 0 bridgehead atoms. The SMILES string of the molecule is COc1ccc(CNC(=O)CCC2C(=O)NNC2=O)cc1OC. The molecule has 0 unspecified atom stereocenters. The number of rotatable bonds is 7. The number of nitrogens with one attached hydrogen (secondary N) is 3. The third kappa shape index (κ3) is 4.12. The minimum Gasteiger partial charge on any atom is -0.493 e. The number of methoxy groups -OCH3 is 2. The fourth-order valence-electron chi connectivity index (χ4n) is 2.23.